The van der Waals surface area contributed by atoms with E-state index in [4.69, 9.17) is 10.5 Å². The maximum absolute atomic E-state index is 13.7. The normalized spacial score (nSPS) is 15.8. The van der Waals surface area contributed by atoms with Crippen LogP contribution < -0.4 is 10.5 Å². The van der Waals surface area contributed by atoms with Crippen LogP contribution >= 0.6 is 0 Å². The number of hydrogen-bond donors (Lipinski definition) is 1. The Hall–Kier alpha value is -1.09. The van der Waals surface area contributed by atoms with Crippen molar-refractivity contribution in [1.82, 2.24) is 0 Å². The molecule has 0 bridgehead atoms. The smallest absolute Gasteiger partial charge is 0.165 e. The maximum Gasteiger partial charge on any atom is 0.165 e. The van der Waals surface area contributed by atoms with E-state index in [0.717, 1.165) is 18.4 Å². The zero-order valence-electron chi connectivity index (χ0n) is 11.2. The molecule has 1 aliphatic rings. The number of benzene rings is 1. The fourth-order valence-electron chi connectivity index (χ4n) is 2.07. The van der Waals surface area contributed by atoms with E-state index >= 15 is 0 Å². The van der Waals surface area contributed by atoms with Crippen molar-refractivity contribution in [3.8, 4) is 5.75 Å². The molecule has 0 saturated heterocycles. The zero-order chi connectivity index (χ0) is 13.2. The van der Waals surface area contributed by atoms with Gasteiger partial charge in [-0.05, 0) is 49.3 Å². The van der Waals surface area contributed by atoms with Crippen LogP contribution in [0.25, 0.3) is 0 Å². The third kappa shape index (κ3) is 2.83. The molecular formula is C15H22FNO. The van der Waals surface area contributed by atoms with Gasteiger partial charge < -0.3 is 10.5 Å². The summed E-state index contributed by atoms with van der Waals surface area (Å²) in [6, 6.07) is 5.00. The third-order valence-corrected chi connectivity index (χ3v) is 3.94. The quantitative estimate of drug-likeness (QED) is 0.838. The summed E-state index contributed by atoms with van der Waals surface area (Å²) in [6.07, 6.45) is 4.06. The standard InChI is InChI=1S/C15H22FNO/c1-3-15(17,4-2)12-7-8-13(16)14(9-12)18-10-11-5-6-11/h7-9,11H,3-6,10,17H2,1-2H3. The molecular weight excluding hydrogens is 229 g/mol. The van der Waals surface area contributed by atoms with E-state index in [0.29, 0.717) is 18.3 Å². The van der Waals surface area contributed by atoms with Crippen molar-refractivity contribution in [2.45, 2.75) is 45.1 Å². The van der Waals surface area contributed by atoms with Gasteiger partial charge in [-0.1, -0.05) is 19.9 Å². The minimum atomic E-state index is -0.384. The van der Waals surface area contributed by atoms with Crippen molar-refractivity contribution in [2.24, 2.45) is 11.7 Å². The molecule has 0 spiro atoms. The molecule has 0 radical (unpaired) electrons. The van der Waals surface area contributed by atoms with E-state index in [1.165, 1.54) is 18.9 Å². The van der Waals surface area contributed by atoms with Crippen molar-refractivity contribution in [3.63, 3.8) is 0 Å². The van der Waals surface area contributed by atoms with E-state index in [2.05, 4.69) is 13.8 Å². The Morgan fingerprint density at radius 2 is 2.00 bits per heavy atom. The topological polar surface area (TPSA) is 35.2 Å². The van der Waals surface area contributed by atoms with E-state index < -0.39 is 0 Å². The van der Waals surface area contributed by atoms with Crippen LogP contribution in [0.3, 0.4) is 0 Å². The molecule has 0 aromatic heterocycles. The molecule has 18 heavy (non-hydrogen) atoms. The lowest BCUT2D eigenvalue weighted by Gasteiger charge is -2.27. The van der Waals surface area contributed by atoms with Crippen LogP contribution in [-0.4, -0.2) is 6.61 Å². The minimum Gasteiger partial charge on any atom is -0.490 e. The molecule has 1 aromatic carbocycles. The summed E-state index contributed by atoms with van der Waals surface area (Å²) < 4.78 is 19.2. The first-order chi connectivity index (χ1) is 8.59. The van der Waals surface area contributed by atoms with Gasteiger partial charge >= 0.3 is 0 Å². The molecule has 0 aliphatic heterocycles. The van der Waals surface area contributed by atoms with Crippen molar-refractivity contribution in [2.75, 3.05) is 6.61 Å². The molecule has 0 unspecified atom stereocenters. The first-order valence-electron chi connectivity index (χ1n) is 6.80. The third-order valence-electron chi connectivity index (χ3n) is 3.94. The molecule has 1 fully saturated rings. The highest BCUT2D eigenvalue weighted by atomic mass is 19.1. The van der Waals surface area contributed by atoms with E-state index in [-0.39, 0.29) is 11.4 Å². The number of nitrogens with two attached hydrogens (primary N) is 1. The van der Waals surface area contributed by atoms with Crippen molar-refractivity contribution in [1.29, 1.82) is 0 Å². The Balaban J connectivity index is 2.18. The van der Waals surface area contributed by atoms with Gasteiger partial charge in [-0.15, -0.1) is 0 Å². The Morgan fingerprint density at radius 1 is 1.33 bits per heavy atom. The fourth-order valence-corrected chi connectivity index (χ4v) is 2.07. The summed E-state index contributed by atoms with van der Waals surface area (Å²) >= 11 is 0. The Kier molecular flexibility index (Phi) is 3.91. The molecule has 2 nitrogen and oxygen atoms in total. The molecule has 0 amide bonds. The molecule has 1 aliphatic carbocycles. The van der Waals surface area contributed by atoms with Gasteiger partial charge in [0, 0.05) is 5.54 Å². The Labute approximate surface area is 108 Å². The van der Waals surface area contributed by atoms with Gasteiger partial charge in [0.25, 0.3) is 0 Å². The molecule has 2 N–H and O–H groups in total. The minimum absolute atomic E-state index is 0.297. The summed E-state index contributed by atoms with van der Waals surface area (Å²) in [6.45, 7) is 4.73. The van der Waals surface area contributed by atoms with E-state index in [1.807, 2.05) is 0 Å². The second-order valence-electron chi connectivity index (χ2n) is 5.26. The molecule has 100 valence electrons. The van der Waals surface area contributed by atoms with Crippen LogP contribution in [0.5, 0.6) is 5.75 Å². The molecule has 1 aromatic rings. The van der Waals surface area contributed by atoms with Crippen LogP contribution in [-0.2, 0) is 5.54 Å². The Bertz CT molecular complexity index is 411. The molecule has 0 atom stereocenters. The monoisotopic (exact) mass is 251 g/mol. The summed E-state index contributed by atoms with van der Waals surface area (Å²) in [5.74, 6) is 0.665. The van der Waals surface area contributed by atoms with Gasteiger partial charge in [-0.2, -0.15) is 0 Å². The number of halogens is 1. The van der Waals surface area contributed by atoms with Gasteiger partial charge in [0.05, 0.1) is 6.61 Å². The highest BCUT2D eigenvalue weighted by Crippen LogP contribution is 2.32. The van der Waals surface area contributed by atoms with Crippen LogP contribution in [0.1, 0.15) is 45.1 Å². The van der Waals surface area contributed by atoms with Gasteiger partial charge in [-0.25, -0.2) is 4.39 Å². The number of rotatable bonds is 6. The number of ether oxygens (including phenoxy) is 1. The lowest BCUT2D eigenvalue weighted by Crippen LogP contribution is -2.35. The summed E-state index contributed by atoms with van der Waals surface area (Å²) in [5, 5.41) is 0. The number of hydrogen-bond acceptors (Lipinski definition) is 2. The van der Waals surface area contributed by atoms with Crippen molar-refractivity contribution < 1.29 is 9.13 Å². The lowest BCUT2D eigenvalue weighted by molar-refractivity contribution is 0.283. The van der Waals surface area contributed by atoms with Gasteiger partial charge in [0.15, 0.2) is 11.6 Å². The van der Waals surface area contributed by atoms with Gasteiger partial charge in [0.2, 0.25) is 0 Å². The summed E-state index contributed by atoms with van der Waals surface area (Å²) in [7, 11) is 0. The first kappa shape index (κ1) is 13.3. The second kappa shape index (κ2) is 5.27. The van der Waals surface area contributed by atoms with Crippen molar-refractivity contribution >= 4 is 0 Å². The highest BCUT2D eigenvalue weighted by molar-refractivity contribution is 5.34. The van der Waals surface area contributed by atoms with Gasteiger partial charge in [0.1, 0.15) is 0 Å². The van der Waals surface area contributed by atoms with Crippen LogP contribution in [0.15, 0.2) is 18.2 Å². The molecule has 1 saturated carbocycles. The van der Waals surface area contributed by atoms with Crippen LogP contribution in [0.4, 0.5) is 4.39 Å². The van der Waals surface area contributed by atoms with Crippen LogP contribution in [0, 0.1) is 11.7 Å². The zero-order valence-corrected chi connectivity index (χ0v) is 11.2. The average Bonchev–Trinajstić information content (AvgIpc) is 3.21. The fraction of sp³-hybridized carbons (Fsp3) is 0.600. The molecule has 2 rings (SSSR count). The van der Waals surface area contributed by atoms with E-state index in [9.17, 15) is 4.39 Å². The lowest BCUT2D eigenvalue weighted by atomic mass is 9.86. The molecule has 0 heterocycles. The largest absolute Gasteiger partial charge is 0.490 e. The SMILES string of the molecule is CCC(N)(CC)c1ccc(F)c(OCC2CC2)c1. The first-order valence-corrected chi connectivity index (χ1v) is 6.80. The maximum atomic E-state index is 13.7. The van der Waals surface area contributed by atoms with Crippen LogP contribution in [0.2, 0.25) is 0 Å². The van der Waals surface area contributed by atoms with Crippen molar-refractivity contribution in [3.05, 3.63) is 29.6 Å². The predicted molar refractivity (Wildman–Crippen MR) is 71.1 cm³/mol. The second-order valence-corrected chi connectivity index (χ2v) is 5.26. The highest BCUT2D eigenvalue weighted by Gasteiger charge is 2.25. The Morgan fingerprint density at radius 3 is 2.56 bits per heavy atom. The predicted octanol–water partition coefficient (Wildman–Crippen LogP) is 3.59. The van der Waals surface area contributed by atoms with E-state index in [1.54, 1.807) is 12.1 Å². The van der Waals surface area contributed by atoms with Gasteiger partial charge in [-0.3, -0.25) is 0 Å². The molecule has 3 heteroatoms. The average molecular weight is 251 g/mol. The summed E-state index contributed by atoms with van der Waals surface area (Å²) in [4.78, 5) is 0. The summed E-state index contributed by atoms with van der Waals surface area (Å²) in [5.41, 5.74) is 6.90.